The Hall–Kier alpha value is -2.79. The molecule has 2 heterocycles. The van der Waals surface area contributed by atoms with Crippen molar-refractivity contribution in [2.24, 2.45) is 22.6 Å². The molecule has 4 atom stereocenters. The number of aromatic nitrogens is 2. The Morgan fingerprint density at radius 2 is 2.19 bits per heavy atom. The van der Waals surface area contributed by atoms with E-state index in [-0.39, 0.29) is 40.5 Å². The number of amides is 1. The second kappa shape index (κ2) is 7.96. The van der Waals surface area contributed by atoms with Crippen LogP contribution in [0.2, 0.25) is 0 Å². The average Bonchev–Trinajstić information content (AvgIpc) is 3.38. The van der Waals surface area contributed by atoms with E-state index in [1.54, 1.807) is 6.92 Å². The summed E-state index contributed by atoms with van der Waals surface area (Å²) in [6, 6.07) is 3.88. The number of amidine groups is 1. The third-order valence-electron chi connectivity index (χ3n) is 6.30. The van der Waals surface area contributed by atoms with Crippen LogP contribution in [0.5, 0.6) is 5.88 Å². The number of benzene rings is 1. The van der Waals surface area contributed by atoms with Gasteiger partial charge in [0, 0.05) is 17.2 Å². The van der Waals surface area contributed by atoms with E-state index in [1.165, 1.54) is 37.2 Å². The van der Waals surface area contributed by atoms with Crippen molar-refractivity contribution in [1.29, 1.82) is 0 Å². The summed E-state index contributed by atoms with van der Waals surface area (Å²) < 4.78 is 33.8. The van der Waals surface area contributed by atoms with E-state index in [4.69, 9.17) is 10.5 Å². The third kappa shape index (κ3) is 3.30. The Morgan fingerprint density at radius 1 is 1.44 bits per heavy atom. The number of methoxy groups -OCH3 is 1. The van der Waals surface area contributed by atoms with Gasteiger partial charge in [0.15, 0.2) is 5.17 Å². The SMILES string of the molecule is COc1cnc(C(=O)Nc2ccc(F)c([C@@]3(CF)N=C(N)S[C@@]4(CO)C(C)C43)c2)c(C)n1. The number of nitrogens with one attached hydrogen (secondary N) is 1. The number of nitrogens with two attached hydrogens (primary N) is 1. The van der Waals surface area contributed by atoms with Gasteiger partial charge in [-0.25, -0.2) is 23.7 Å². The highest BCUT2D eigenvalue weighted by Gasteiger charge is 2.73. The standard InChI is InChI=1S/C21H23F2N5O3S/c1-10-17-20(8-22,28-19(24)32-21(10,17)9-29)13-6-12(4-5-14(13)23)27-18(30)16-11(2)26-15(31-3)7-25-16/h4-7,10,17,29H,8-9H2,1-3H3,(H2,24,28)(H,27,30)/t10?,17?,20-,21+/m1/s1. The fourth-order valence-electron chi connectivity index (χ4n) is 4.65. The summed E-state index contributed by atoms with van der Waals surface area (Å²) in [6.45, 7) is 2.25. The highest BCUT2D eigenvalue weighted by atomic mass is 32.2. The summed E-state index contributed by atoms with van der Waals surface area (Å²) in [7, 11) is 1.44. The number of ether oxygens (including phenoxy) is 1. The van der Waals surface area contributed by atoms with Crippen molar-refractivity contribution in [3.63, 3.8) is 0 Å². The largest absolute Gasteiger partial charge is 0.480 e. The summed E-state index contributed by atoms with van der Waals surface area (Å²) in [5.74, 6) is -1.54. The Morgan fingerprint density at radius 3 is 2.81 bits per heavy atom. The van der Waals surface area contributed by atoms with Gasteiger partial charge in [-0.3, -0.25) is 4.79 Å². The minimum absolute atomic E-state index is 0.0224. The number of aliphatic hydroxyl groups excluding tert-OH is 1. The molecule has 4 rings (SSSR count). The predicted octanol–water partition coefficient (Wildman–Crippen LogP) is 2.41. The smallest absolute Gasteiger partial charge is 0.276 e. The van der Waals surface area contributed by atoms with Gasteiger partial charge in [-0.05, 0) is 31.0 Å². The Labute approximate surface area is 187 Å². The van der Waals surface area contributed by atoms with E-state index in [0.29, 0.717) is 5.69 Å². The van der Waals surface area contributed by atoms with Crippen molar-refractivity contribution < 1.29 is 23.4 Å². The van der Waals surface area contributed by atoms with Gasteiger partial charge in [0.2, 0.25) is 5.88 Å². The number of carbonyl (C=O) groups excluding carboxylic acids is 1. The molecule has 0 saturated heterocycles. The molecule has 0 spiro atoms. The maximum absolute atomic E-state index is 15.0. The number of aryl methyl sites for hydroxylation is 1. The van der Waals surface area contributed by atoms with Crippen LogP contribution in [0.15, 0.2) is 29.4 Å². The lowest BCUT2D eigenvalue weighted by Crippen LogP contribution is -2.41. The molecular formula is C21H23F2N5O3S. The molecule has 1 aliphatic carbocycles. The zero-order chi connectivity index (χ0) is 23.3. The highest BCUT2D eigenvalue weighted by molar-refractivity contribution is 8.15. The predicted molar refractivity (Wildman–Crippen MR) is 117 cm³/mol. The molecule has 8 nitrogen and oxygen atoms in total. The molecule has 170 valence electrons. The van der Waals surface area contributed by atoms with E-state index < -0.39 is 34.6 Å². The first-order valence-corrected chi connectivity index (χ1v) is 10.7. The van der Waals surface area contributed by atoms with E-state index in [1.807, 2.05) is 6.92 Å². The molecule has 0 radical (unpaired) electrons. The number of carbonyl (C=O) groups is 1. The Balaban J connectivity index is 1.70. The molecule has 1 aromatic heterocycles. The maximum atomic E-state index is 15.0. The van der Waals surface area contributed by atoms with E-state index in [9.17, 15) is 18.7 Å². The number of anilines is 1. The zero-order valence-corrected chi connectivity index (χ0v) is 18.5. The molecule has 1 amide bonds. The van der Waals surface area contributed by atoms with Crippen LogP contribution in [0.4, 0.5) is 14.5 Å². The van der Waals surface area contributed by atoms with Crippen LogP contribution in [-0.2, 0) is 5.54 Å². The van der Waals surface area contributed by atoms with Gasteiger partial charge in [-0.2, -0.15) is 0 Å². The molecule has 32 heavy (non-hydrogen) atoms. The first-order valence-electron chi connectivity index (χ1n) is 9.92. The average molecular weight is 464 g/mol. The van der Waals surface area contributed by atoms with Crippen molar-refractivity contribution in [3.05, 3.63) is 47.2 Å². The molecule has 0 bridgehead atoms. The second-order valence-corrected chi connectivity index (χ2v) is 9.37. The van der Waals surface area contributed by atoms with Crippen molar-refractivity contribution in [2.45, 2.75) is 24.1 Å². The van der Waals surface area contributed by atoms with Gasteiger partial charge in [0.1, 0.15) is 23.7 Å². The van der Waals surface area contributed by atoms with Gasteiger partial charge >= 0.3 is 0 Å². The lowest BCUT2D eigenvalue weighted by molar-refractivity contribution is 0.102. The van der Waals surface area contributed by atoms with Crippen LogP contribution in [0.1, 0.15) is 28.7 Å². The Bertz CT molecular complexity index is 1120. The van der Waals surface area contributed by atoms with Crippen molar-refractivity contribution in [2.75, 3.05) is 25.7 Å². The topological polar surface area (TPSA) is 123 Å². The Kier molecular flexibility index (Phi) is 5.58. The van der Waals surface area contributed by atoms with Crippen LogP contribution in [0, 0.1) is 24.6 Å². The summed E-state index contributed by atoms with van der Waals surface area (Å²) in [4.78, 5) is 25.2. The molecule has 1 aliphatic heterocycles. The number of hydrogen-bond acceptors (Lipinski definition) is 8. The lowest BCUT2D eigenvalue weighted by Gasteiger charge is -2.34. The van der Waals surface area contributed by atoms with Crippen LogP contribution in [0.3, 0.4) is 0 Å². The fourth-order valence-corrected chi connectivity index (χ4v) is 6.09. The third-order valence-corrected chi connectivity index (χ3v) is 7.73. The number of fused-ring (bicyclic) bond motifs is 1. The molecule has 2 unspecified atom stereocenters. The van der Waals surface area contributed by atoms with Crippen LogP contribution in [0.25, 0.3) is 0 Å². The first kappa shape index (κ1) is 22.4. The quantitative estimate of drug-likeness (QED) is 0.601. The molecule has 4 N–H and O–H groups in total. The number of hydrogen-bond donors (Lipinski definition) is 3. The van der Waals surface area contributed by atoms with Crippen molar-refractivity contribution >= 4 is 28.5 Å². The van der Waals surface area contributed by atoms with E-state index in [0.717, 1.165) is 6.07 Å². The minimum Gasteiger partial charge on any atom is -0.480 e. The van der Waals surface area contributed by atoms with Crippen LogP contribution < -0.4 is 15.8 Å². The number of nitrogens with zero attached hydrogens (tertiary/aromatic N) is 3. The monoisotopic (exact) mass is 463 g/mol. The molecular weight excluding hydrogens is 440 g/mol. The van der Waals surface area contributed by atoms with Gasteiger partial charge in [-0.15, -0.1) is 0 Å². The molecule has 2 aromatic rings. The zero-order valence-electron chi connectivity index (χ0n) is 17.7. The molecule has 11 heteroatoms. The lowest BCUT2D eigenvalue weighted by atomic mass is 9.84. The second-order valence-electron chi connectivity index (χ2n) is 7.98. The number of thioether (sulfide) groups is 1. The summed E-state index contributed by atoms with van der Waals surface area (Å²) >= 11 is 1.20. The minimum atomic E-state index is -1.59. The normalized spacial score (nSPS) is 28.5. The molecule has 1 fully saturated rings. The van der Waals surface area contributed by atoms with Gasteiger partial charge in [0.05, 0.1) is 30.4 Å². The van der Waals surface area contributed by atoms with Crippen LogP contribution in [-0.4, -0.2) is 51.3 Å². The van der Waals surface area contributed by atoms with E-state index >= 15 is 0 Å². The highest BCUT2D eigenvalue weighted by Crippen LogP contribution is 2.69. The molecule has 2 aliphatic rings. The maximum Gasteiger partial charge on any atom is 0.276 e. The van der Waals surface area contributed by atoms with Crippen molar-refractivity contribution in [1.82, 2.24) is 9.97 Å². The van der Waals surface area contributed by atoms with Gasteiger partial charge < -0.3 is 20.9 Å². The number of halogens is 2. The summed E-state index contributed by atoms with van der Waals surface area (Å²) in [6.07, 6.45) is 1.32. The summed E-state index contributed by atoms with van der Waals surface area (Å²) in [5.41, 5.74) is 5.03. The number of rotatable bonds is 6. The molecule has 1 aromatic carbocycles. The molecule has 1 saturated carbocycles. The van der Waals surface area contributed by atoms with Gasteiger partial charge in [0.25, 0.3) is 5.91 Å². The van der Waals surface area contributed by atoms with E-state index in [2.05, 4.69) is 20.3 Å². The fraction of sp³-hybridized carbons (Fsp3) is 0.429. The van der Waals surface area contributed by atoms with Crippen LogP contribution >= 0.6 is 11.8 Å². The summed E-state index contributed by atoms with van der Waals surface area (Å²) in [5, 5.41) is 12.7. The van der Waals surface area contributed by atoms with Gasteiger partial charge in [-0.1, -0.05) is 18.7 Å². The number of aliphatic hydroxyl groups is 1. The number of alkyl halides is 1. The number of aliphatic imine (C=N–C) groups is 1. The van der Waals surface area contributed by atoms with Crippen molar-refractivity contribution in [3.8, 4) is 5.88 Å². The first-order chi connectivity index (χ1) is 15.2.